The maximum absolute atomic E-state index is 12.4. The monoisotopic (exact) mass is 316 g/mol. The second-order valence-corrected chi connectivity index (χ2v) is 6.82. The number of ether oxygens (including phenoxy) is 1. The highest BCUT2D eigenvalue weighted by atomic mass is 32.2. The van der Waals surface area contributed by atoms with Crippen molar-refractivity contribution < 1.29 is 19.4 Å². The number of hydrogen-bond donors (Lipinski definition) is 2. The molecule has 21 heavy (non-hydrogen) atoms. The highest BCUT2D eigenvalue weighted by molar-refractivity contribution is 8.00. The Morgan fingerprint density at radius 2 is 2.29 bits per heavy atom. The Morgan fingerprint density at radius 1 is 1.48 bits per heavy atom. The summed E-state index contributed by atoms with van der Waals surface area (Å²) < 4.78 is 5.40. The van der Waals surface area contributed by atoms with E-state index in [4.69, 9.17) is 4.74 Å². The quantitative estimate of drug-likeness (QED) is 0.808. The number of carbonyl (C=O) groups is 2. The first-order valence-corrected chi connectivity index (χ1v) is 8.66. The van der Waals surface area contributed by atoms with Gasteiger partial charge in [-0.3, -0.25) is 4.90 Å². The molecule has 0 radical (unpaired) electrons. The summed E-state index contributed by atoms with van der Waals surface area (Å²) in [5.74, 6) is -0.108. The van der Waals surface area contributed by atoms with Crippen molar-refractivity contribution in [3.8, 4) is 0 Å². The molecule has 0 bridgehead atoms. The Labute approximate surface area is 129 Å². The first kappa shape index (κ1) is 16.4. The van der Waals surface area contributed by atoms with E-state index in [1.807, 2.05) is 6.92 Å². The van der Waals surface area contributed by atoms with Gasteiger partial charge in [-0.15, -0.1) is 11.8 Å². The van der Waals surface area contributed by atoms with Crippen LogP contribution in [0.5, 0.6) is 0 Å². The van der Waals surface area contributed by atoms with Crippen molar-refractivity contribution in [2.75, 3.05) is 25.5 Å². The molecule has 3 atom stereocenters. The van der Waals surface area contributed by atoms with Gasteiger partial charge in [0.1, 0.15) is 6.04 Å². The normalized spacial score (nSPS) is 29.4. The molecule has 2 aliphatic heterocycles. The van der Waals surface area contributed by atoms with E-state index in [-0.39, 0.29) is 11.4 Å². The third-order valence-electron chi connectivity index (χ3n) is 3.94. The Bertz CT molecular complexity index is 374. The summed E-state index contributed by atoms with van der Waals surface area (Å²) in [4.78, 5) is 25.2. The fraction of sp³-hybridized carbons (Fsp3) is 0.857. The molecule has 0 aliphatic carbocycles. The fourth-order valence-electron chi connectivity index (χ4n) is 2.79. The molecule has 2 saturated heterocycles. The van der Waals surface area contributed by atoms with Gasteiger partial charge < -0.3 is 15.2 Å². The minimum absolute atomic E-state index is 0.0290. The molecule has 3 unspecified atom stereocenters. The van der Waals surface area contributed by atoms with Gasteiger partial charge in [0.2, 0.25) is 0 Å². The lowest BCUT2D eigenvalue weighted by atomic mass is 10.0. The maximum atomic E-state index is 12.4. The van der Waals surface area contributed by atoms with Gasteiger partial charge in [0.25, 0.3) is 0 Å². The largest absolute Gasteiger partial charge is 0.480 e. The van der Waals surface area contributed by atoms with Gasteiger partial charge in [0.05, 0.1) is 12.0 Å². The molecule has 2 N–H and O–H groups in total. The molecule has 2 aliphatic rings. The SMILES string of the molecule is CCCC1SCC(C(=O)O)N1C(=O)NCC1CCCOC1. The molecule has 0 aromatic rings. The average molecular weight is 316 g/mol. The molecular weight excluding hydrogens is 292 g/mol. The number of aliphatic carboxylic acids is 1. The van der Waals surface area contributed by atoms with E-state index in [1.165, 1.54) is 4.90 Å². The van der Waals surface area contributed by atoms with E-state index >= 15 is 0 Å². The molecule has 0 aromatic heterocycles. The number of rotatable bonds is 5. The van der Waals surface area contributed by atoms with Crippen LogP contribution in [0.4, 0.5) is 4.79 Å². The van der Waals surface area contributed by atoms with Gasteiger partial charge in [-0.1, -0.05) is 13.3 Å². The Balaban J connectivity index is 1.91. The van der Waals surface area contributed by atoms with Crippen molar-refractivity contribution >= 4 is 23.8 Å². The van der Waals surface area contributed by atoms with Gasteiger partial charge in [-0.05, 0) is 25.2 Å². The third kappa shape index (κ3) is 4.26. The predicted octanol–water partition coefficient (Wildman–Crippen LogP) is 1.75. The van der Waals surface area contributed by atoms with Crippen LogP contribution in [0, 0.1) is 5.92 Å². The van der Waals surface area contributed by atoms with Gasteiger partial charge in [-0.2, -0.15) is 0 Å². The molecular formula is C14H24N2O4S. The van der Waals surface area contributed by atoms with Crippen molar-refractivity contribution in [2.24, 2.45) is 5.92 Å². The van der Waals surface area contributed by atoms with Gasteiger partial charge >= 0.3 is 12.0 Å². The Hall–Kier alpha value is -0.950. The minimum Gasteiger partial charge on any atom is -0.480 e. The number of nitrogens with one attached hydrogen (secondary N) is 1. The molecule has 6 nitrogen and oxygen atoms in total. The second-order valence-electron chi connectivity index (χ2n) is 5.61. The topological polar surface area (TPSA) is 78.9 Å². The molecule has 0 saturated carbocycles. The number of amides is 2. The van der Waals surface area contributed by atoms with Crippen LogP contribution in [0.2, 0.25) is 0 Å². The number of carboxylic acids is 1. The molecule has 2 heterocycles. The van der Waals surface area contributed by atoms with E-state index in [0.717, 1.165) is 32.3 Å². The average Bonchev–Trinajstić information content (AvgIpc) is 2.90. The van der Waals surface area contributed by atoms with Crippen LogP contribution >= 0.6 is 11.8 Å². The molecule has 0 spiro atoms. The molecule has 7 heteroatoms. The zero-order chi connectivity index (χ0) is 15.2. The summed E-state index contributed by atoms with van der Waals surface area (Å²) in [5, 5.41) is 12.1. The van der Waals surface area contributed by atoms with Crippen molar-refractivity contribution in [1.29, 1.82) is 0 Å². The third-order valence-corrected chi connectivity index (χ3v) is 5.30. The molecule has 2 rings (SSSR count). The second kappa shape index (κ2) is 7.89. The summed E-state index contributed by atoms with van der Waals surface area (Å²) >= 11 is 1.56. The zero-order valence-corrected chi connectivity index (χ0v) is 13.2. The van der Waals surface area contributed by atoms with Crippen LogP contribution in [-0.4, -0.2) is 58.9 Å². The summed E-state index contributed by atoms with van der Waals surface area (Å²) in [6.45, 7) is 4.08. The smallest absolute Gasteiger partial charge is 0.327 e. The number of nitrogens with zero attached hydrogens (tertiary/aromatic N) is 1. The lowest BCUT2D eigenvalue weighted by Gasteiger charge is -2.29. The van der Waals surface area contributed by atoms with Gasteiger partial charge in [0, 0.05) is 18.9 Å². The van der Waals surface area contributed by atoms with Gasteiger partial charge in [-0.25, -0.2) is 9.59 Å². The fourth-order valence-corrected chi connectivity index (χ4v) is 4.30. The molecule has 2 fully saturated rings. The minimum atomic E-state index is -0.919. The van der Waals surface area contributed by atoms with Crippen molar-refractivity contribution in [1.82, 2.24) is 10.2 Å². The Kier molecular flexibility index (Phi) is 6.17. The van der Waals surface area contributed by atoms with Crippen LogP contribution in [-0.2, 0) is 9.53 Å². The van der Waals surface area contributed by atoms with E-state index in [0.29, 0.717) is 24.8 Å². The number of carboxylic acid groups (broad SMARTS) is 1. The van der Waals surface area contributed by atoms with E-state index in [2.05, 4.69) is 5.32 Å². The van der Waals surface area contributed by atoms with Gasteiger partial charge in [0.15, 0.2) is 0 Å². The maximum Gasteiger partial charge on any atom is 0.327 e. The van der Waals surface area contributed by atoms with E-state index < -0.39 is 12.0 Å². The summed E-state index contributed by atoms with van der Waals surface area (Å²) in [7, 11) is 0. The van der Waals surface area contributed by atoms with Crippen LogP contribution < -0.4 is 5.32 Å². The van der Waals surface area contributed by atoms with Crippen molar-refractivity contribution in [3.63, 3.8) is 0 Å². The number of thioether (sulfide) groups is 1. The number of carbonyl (C=O) groups excluding carboxylic acids is 1. The van der Waals surface area contributed by atoms with Crippen LogP contribution in [0.25, 0.3) is 0 Å². The standard InChI is InChI=1S/C14H24N2O4S/c1-2-4-12-16(11(9-21-12)13(17)18)14(19)15-7-10-5-3-6-20-8-10/h10-12H,2-9H2,1H3,(H,15,19)(H,17,18). The number of hydrogen-bond acceptors (Lipinski definition) is 4. The summed E-state index contributed by atoms with van der Waals surface area (Å²) in [6.07, 6.45) is 3.84. The zero-order valence-electron chi connectivity index (χ0n) is 12.4. The highest BCUT2D eigenvalue weighted by Crippen LogP contribution is 2.32. The summed E-state index contributed by atoms with van der Waals surface area (Å²) in [5.41, 5.74) is 0. The lowest BCUT2D eigenvalue weighted by Crippen LogP contribution is -2.51. The number of urea groups is 1. The molecule has 0 aromatic carbocycles. The Morgan fingerprint density at radius 3 is 2.90 bits per heavy atom. The molecule has 2 amide bonds. The first-order valence-electron chi connectivity index (χ1n) is 7.61. The predicted molar refractivity (Wildman–Crippen MR) is 81.4 cm³/mol. The molecule has 120 valence electrons. The van der Waals surface area contributed by atoms with Crippen molar-refractivity contribution in [3.05, 3.63) is 0 Å². The summed E-state index contributed by atoms with van der Waals surface area (Å²) in [6, 6.07) is -0.967. The van der Waals surface area contributed by atoms with Crippen LogP contribution in [0.3, 0.4) is 0 Å². The van der Waals surface area contributed by atoms with E-state index in [9.17, 15) is 14.7 Å². The van der Waals surface area contributed by atoms with Crippen LogP contribution in [0.1, 0.15) is 32.6 Å². The lowest BCUT2D eigenvalue weighted by molar-refractivity contribution is -0.141. The van der Waals surface area contributed by atoms with Crippen LogP contribution in [0.15, 0.2) is 0 Å². The van der Waals surface area contributed by atoms with E-state index in [1.54, 1.807) is 11.8 Å². The van der Waals surface area contributed by atoms with Crippen molar-refractivity contribution in [2.45, 2.75) is 44.0 Å². The highest BCUT2D eigenvalue weighted by Gasteiger charge is 2.41. The first-order chi connectivity index (χ1) is 10.1.